The average Bonchev–Trinajstić information content (AvgIpc) is 3.49. The minimum absolute atomic E-state index is 0.0196. The van der Waals surface area contributed by atoms with Crippen LogP contribution in [0.1, 0.15) is 50.2 Å². The zero-order valence-electron chi connectivity index (χ0n) is 19.5. The number of epoxide rings is 1. The molecule has 1 spiro atoms. The molecule has 32 heavy (non-hydrogen) atoms. The summed E-state index contributed by atoms with van der Waals surface area (Å²) in [5, 5.41) is 0. The van der Waals surface area contributed by atoms with E-state index in [1.165, 1.54) is 30.4 Å². The summed E-state index contributed by atoms with van der Waals surface area (Å²) in [5.41, 5.74) is 2.94. The summed E-state index contributed by atoms with van der Waals surface area (Å²) in [6.07, 6.45) is 6.81. The Morgan fingerprint density at radius 3 is 2.62 bits per heavy atom. The summed E-state index contributed by atoms with van der Waals surface area (Å²) in [7, 11) is 3.36. The highest BCUT2D eigenvalue weighted by Crippen LogP contribution is 2.62. The van der Waals surface area contributed by atoms with Crippen LogP contribution < -0.4 is 9.47 Å². The van der Waals surface area contributed by atoms with Crippen LogP contribution in [0.2, 0.25) is 0 Å². The van der Waals surface area contributed by atoms with Crippen molar-refractivity contribution in [2.24, 2.45) is 23.2 Å². The zero-order valence-corrected chi connectivity index (χ0v) is 19.5. The van der Waals surface area contributed by atoms with Crippen molar-refractivity contribution in [2.45, 2.75) is 63.7 Å². The molecule has 0 N–H and O–H groups in total. The third kappa shape index (κ3) is 3.17. The van der Waals surface area contributed by atoms with E-state index in [9.17, 15) is 4.79 Å². The van der Waals surface area contributed by atoms with Gasteiger partial charge in [-0.25, -0.2) is 0 Å². The fraction of sp³-hybridized carbons (Fsp3) is 0.731. The van der Waals surface area contributed by atoms with Gasteiger partial charge in [-0.15, -0.1) is 0 Å². The average molecular weight is 442 g/mol. The highest BCUT2D eigenvalue weighted by atomic mass is 16.6. The van der Waals surface area contributed by atoms with Gasteiger partial charge in [-0.2, -0.15) is 0 Å². The topological polar surface area (TPSA) is 60.5 Å². The Hall–Kier alpha value is -1.79. The van der Waals surface area contributed by atoms with Gasteiger partial charge in [-0.05, 0) is 73.1 Å². The number of hydrogen-bond acceptors (Lipinski definition) is 6. The molecular formula is C26H35NO5. The molecule has 5 aliphatic rings. The van der Waals surface area contributed by atoms with E-state index in [0.29, 0.717) is 11.8 Å². The number of carbonyl (C=O) groups is 1. The maximum absolute atomic E-state index is 13.0. The molecule has 6 nitrogen and oxygen atoms in total. The van der Waals surface area contributed by atoms with Crippen LogP contribution in [0.3, 0.4) is 0 Å². The smallest absolute Gasteiger partial charge is 0.310 e. The number of carbonyl (C=O) groups excluding carboxylic acids is 1. The van der Waals surface area contributed by atoms with Crippen LogP contribution in [0.4, 0.5) is 0 Å². The zero-order chi connectivity index (χ0) is 22.1. The first-order chi connectivity index (χ1) is 15.4. The molecule has 1 aromatic rings. The SMILES string of the molecule is COc1cc2c(cc1OC)CN(C[C@H]1C(=O)O[C@@H]3C[C@@]4(C)CCC[C@@]5(CO5)[C@@H]4C[C@H]31)CC2. The quantitative estimate of drug-likeness (QED) is 0.526. The molecule has 6 atom stereocenters. The number of nitrogens with zero attached hydrogens (tertiary/aromatic N) is 1. The number of methoxy groups -OCH3 is 2. The number of benzene rings is 1. The number of esters is 1. The van der Waals surface area contributed by atoms with E-state index in [1.807, 2.05) is 0 Å². The second kappa shape index (κ2) is 7.36. The van der Waals surface area contributed by atoms with E-state index in [1.54, 1.807) is 14.2 Å². The Kier molecular flexibility index (Phi) is 4.78. The van der Waals surface area contributed by atoms with Crippen molar-refractivity contribution in [3.63, 3.8) is 0 Å². The normalized spacial score (nSPS) is 40.3. The Balaban J connectivity index is 1.19. The molecule has 1 aromatic carbocycles. The summed E-state index contributed by atoms with van der Waals surface area (Å²) in [5.74, 6) is 2.45. The predicted octanol–water partition coefficient (Wildman–Crippen LogP) is 3.59. The van der Waals surface area contributed by atoms with Crippen molar-refractivity contribution in [2.75, 3.05) is 33.9 Å². The van der Waals surface area contributed by atoms with Gasteiger partial charge >= 0.3 is 5.97 Å². The minimum Gasteiger partial charge on any atom is -0.493 e. The van der Waals surface area contributed by atoms with E-state index in [4.69, 9.17) is 18.9 Å². The number of hydrogen-bond donors (Lipinski definition) is 0. The molecule has 0 bridgehead atoms. The van der Waals surface area contributed by atoms with E-state index >= 15 is 0 Å². The fourth-order valence-electron chi connectivity index (χ4n) is 7.54. The van der Waals surface area contributed by atoms with E-state index in [2.05, 4.69) is 24.0 Å². The van der Waals surface area contributed by atoms with Gasteiger partial charge in [0.25, 0.3) is 0 Å². The highest BCUT2D eigenvalue weighted by molar-refractivity contribution is 5.75. The molecule has 3 heterocycles. The van der Waals surface area contributed by atoms with Gasteiger partial charge in [-0.1, -0.05) is 6.92 Å². The summed E-state index contributed by atoms with van der Waals surface area (Å²) >= 11 is 0. The van der Waals surface area contributed by atoms with Crippen molar-refractivity contribution in [1.29, 1.82) is 0 Å². The molecule has 6 rings (SSSR count). The summed E-state index contributed by atoms with van der Waals surface area (Å²) in [6.45, 7) is 5.91. The van der Waals surface area contributed by atoms with Crippen molar-refractivity contribution < 1.29 is 23.7 Å². The Labute approximate surface area is 190 Å². The summed E-state index contributed by atoms with van der Waals surface area (Å²) < 4.78 is 23.1. The number of fused-ring (bicyclic) bond motifs is 4. The molecule has 6 heteroatoms. The number of ether oxygens (including phenoxy) is 4. The fourth-order valence-corrected chi connectivity index (χ4v) is 7.54. The van der Waals surface area contributed by atoms with Crippen LogP contribution in [0.25, 0.3) is 0 Å². The third-order valence-corrected chi connectivity index (χ3v) is 9.33. The van der Waals surface area contributed by atoms with Crippen molar-refractivity contribution in [1.82, 2.24) is 4.90 Å². The van der Waals surface area contributed by atoms with Crippen LogP contribution in [-0.4, -0.2) is 56.5 Å². The number of rotatable bonds is 4. The first-order valence-electron chi connectivity index (χ1n) is 12.3. The molecule has 0 aromatic heterocycles. The minimum atomic E-state index is -0.0241. The lowest BCUT2D eigenvalue weighted by Gasteiger charge is -2.51. The van der Waals surface area contributed by atoms with Crippen molar-refractivity contribution in [3.8, 4) is 11.5 Å². The van der Waals surface area contributed by atoms with Gasteiger partial charge in [-0.3, -0.25) is 9.69 Å². The molecule has 2 saturated carbocycles. The first kappa shape index (κ1) is 20.8. The second-order valence-electron chi connectivity index (χ2n) is 11.1. The van der Waals surface area contributed by atoms with Gasteiger partial charge in [0, 0.05) is 25.6 Å². The van der Waals surface area contributed by atoms with Crippen LogP contribution in [-0.2, 0) is 27.2 Å². The van der Waals surface area contributed by atoms with Crippen molar-refractivity contribution in [3.05, 3.63) is 23.3 Å². The van der Waals surface area contributed by atoms with Crippen molar-refractivity contribution >= 4 is 5.97 Å². The Morgan fingerprint density at radius 1 is 1.16 bits per heavy atom. The van der Waals surface area contributed by atoms with E-state index in [0.717, 1.165) is 57.0 Å². The Morgan fingerprint density at radius 2 is 1.91 bits per heavy atom. The molecule has 174 valence electrons. The van der Waals surface area contributed by atoms with Gasteiger partial charge in [0.15, 0.2) is 11.5 Å². The molecular weight excluding hydrogens is 406 g/mol. The second-order valence-corrected chi connectivity index (χ2v) is 11.1. The largest absolute Gasteiger partial charge is 0.493 e. The molecule has 4 fully saturated rings. The van der Waals surface area contributed by atoms with Crippen LogP contribution in [0, 0.1) is 23.2 Å². The standard InChI is InChI=1S/C26H35NO5/c1-25-6-4-7-26(15-31-26)23(25)11-18-19(24(28)32-22(18)12-25)14-27-8-5-16-9-20(29-2)21(30-3)10-17(16)13-27/h9-10,18-19,22-23H,4-8,11-15H2,1-3H3/t18-,19+,22+,23+,25+,26+/m0/s1. The monoisotopic (exact) mass is 441 g/mol. The van der Waals surface area contributed by atoms with Gasteiger partial charge in [0.2, 0.25) is 0 Å². The van der Waals surface area contributed by atoms with Crippen LogP contribution in [0.15, 0.2) is 12.1 Å². The molecule has 3 aliphatic heterocycles. The molecule has 0 amide bonds. The lowest BCUT2D eigenvalue weighted by atomic mass is 9.53. The lowest BCUT2D eigenvalue weighted by Crippen LogP contribution is -2.51. The van der Waals surface area contributed by atoms with Crippen LogP contribution >= 0.6 is 0 Å². The molecule has 0 unspecified atom stereocenters. The molecule has 2 aliphatic carbocycles. The molecule has 0 radical (unpaired) electrons. The van der Waals surface area contributed by atoms with E-state index in [-0.39, 0.29) is 29.0 Å². The van der Waals surface area contributed by atoms with Crippen LogP contribution in [0.5, 0.6) is 11.5 Å². The summed E-state index contributed by atoms with van der Waals surface area (Å²) in [6, 6.07) is 4.20. The van der Waals surface area contributed by atoms with Gasteiger partial charge < -0.3 is 18.9 Å². The van der Waals surface area contributed by atoms with E-state index < -0.39 is 0 Å². The van der Waals surface area contributed by atoms with Gasteiger partial charge in [0.05, 0.1) is 32.3 Å². The molecule has 2 saturated heterocycles. The Bertz CT molecular complexity index is 927. The summed E-state index contributed by atoms with van der Waals surface area (Å²) in [4.78, 5) is 15.4. The maximum Gasteiger partial charge on any atom is 0.310 e. The first-order valence-corrected chi connectivity index (χ1v) is 12.3. The van der Waals surface area contributed by atoms with Gasteiger partial charge in [0.1, 0.15) is 6.10 Å². The third-order valence-electron chi connectivity index (χ3n) is 9.33. The highest BCUT2D eigenvalue weighted by Gasteiger charge is 2.65. The predicted molar refractivity (Wildman–Crippen MR) is 119 cm³/mol. The maximum atomic E-state index is 13.0. The lowest BCUT2D eigenvalue weighted by molar-refractivity contribution is -0.147.